The number of fused-ring (bicyclic) bond motifs is 1. The summed E-state index contributed by atoms with van der Waals surface area (Å²) in [4.78, 5) is 6.77. The summed E-state index contributed by atoms with van der Waals surface area (Å²) < 4.78 is 2.05. The maximum Gasteiger partial charge on any atom is 0.193 e. The monoisotopic (exact) mass is 314 g/mol. The molecule has 2 aromatic rings. The predicted octanol–water partition coefficient (Wildman–Crippen LogP) is 1.97. The van der Waals surface area contributed by atoms with Crippen LogP contribution >= 0.6 is 0 Å². The third-order valence-electron chi connectivity index (χ3n) is 4.43. The molecular formula is C17H26N6. The second-order valence-electron chi connectivity index (χ2n) is 6.96. The van der Waals surface area contributed by atoms with E-state index in [4.69, 9.17) is 0 Å². The number of pyridine rings is 1. The molecule has 6 heteroatoms. The Morgan fingerprint density at radius 2 is 2.22 bits per heavy atom. The fourth-order valence-corrected chi connectivity index (χ4v) is 3.13. The Labute approximate surface area is 137 Å². The summed E-state index contributed by atoms with van der Waals surface area (Å²) in [6.45, 7) is 7.68. The van der Waals surface area contributed by atoms with E-state index in [2.05, 4.69) is 43.7 Å². The molecule has 1 fully saturated rings. The summed E-state index contributed by atoms with van der Waals surface area (Å²) in [6.07, 6.45) is 5.15. The van der Waals surface area contributed by atoms with Crippen molar-refractivity contribution in [2.45, 2.75) is 33.1 Å². The molecule has 2 aromatic heterocycles. The third-order valence-corrected chi connectivity index (χ3v) is 4.43. The van der Waals surface area contributed by atoms with E-state index in [1.807, 2.05) is 31.4 Å². The van der Waals surface area contributed by atoms with Gasteiger partial charge in [-0.2, -0.15) is 0 Å². The van der Waals surface area contributed by atoms with Gasteiger partial charge in [0.05, 0.1) is 0 Å². The van der Waals surface area contributed by atoms with Crippen molar-refractivity contribution in [3.63, 3.8) is 0 Å². The van der Waals surface area contributed by atoms with Gasteiger partial charge in [0.2, 0.25) is 0 Å². The molecule has 0 bridgehead atoms. The largest absolute Gasteiger partial charge is 0.356 e. The van der Waals surface area contributed by atoms with Gasteiger partial charge in [-0.3, -0.25) is 9.39 Å². The van der Waals surface area contributed by atoms with Crippen LogP contribution in [0.1, 0.15) is 32.5 Å². The first-order valence-electron chi connectivity index (χ1n) is 8.33. The summed E-state index contributed by atoms with van der Waals surface area (Å²) >= 11 is 0. The SMILES string of the molecule is CN=C(NCCCc1nnc2ccccn12)N1CCC(C)(C)C1. The highest BCUT2D eigenvalue weighted by atomic mass is 15.3. The molecule has 0 spiro atoms. The lowest BCUT2D eigenvalue weighted by Crippen LogP contribution is -2.41. The van der Waals surface area contributed by atoms with E-state index in [9.17, 15) is 0 Å². The van der Waals surface area contributed by atoms with Gasteiger partial charge < -0.3 is 10.2 Å². The number of rotatable bonds is 4. The first-order valence-corrected chi connectivity index (χ1v) is 8.33. The molecule has 0 saturated carbocycles. The van der Waals surface area contributed by atoms with Crippen LogP contribution in [0.2, 0.25) is 0 Å². The Morgan fingerprint density at radius 1 is 1.35 bits per heavy atom. The van der Waals surface area contributed by atoms with Crippen molar-refractivity contribution in [1.29, 1.82) is 0 Å². The van der Waals surface area contributed by atoms with Gasteiger partial charge >= 0.3 is 0 Å². The van der Waals surface area contributed by atoms with Gasteiger partial charge in [-0.1, -0.05) is 19.9 Å². The van der Waals surface area contributed by atoms with Gasteiger partial charge in [-0.15, -0.1) is 10.2 Å². The van der Waals surface area contributed by atoms with Gasteiger partial charge in [-0.05, 0) is 30.4 Å². The van der Waals surface area contributed by atoms with Gasteiger partial charge in [0.15, 0.2) is 11.6 Å². The second kappa shape index (κ2) is 6.56. The van der Waals surface area contributed by atoms with Crippen molar-refractivity contribution < 1.29 is 0 Å². The molecule has 0 atom stereocenters. The molecule has 124 valence electrons. The summed E-state index contributed by atoms with van der Waals surface area (Å²) in [7, 11) is 1.86. The number of nitrogens with zero attached hydrogens (tertiary/aromatic N) is 5. The van der Waals surface area contributed by atoms with Crippen molar-refractivity contribution >= 4 is 11.6 Å². The first-order chi connectivity index (χ1) is 11.1. The van der Waals surface area contributed by atoms with E-state index in [1.54, 1.807) is 0 Å². The predicted molar refractivity (Wildman–Crippen MR) is 92.6 cm³/mol. The Balaban J connectivity index is 1.49. The maximum absolute atomic E-state index is 4.42. The number of aryl methyl sites for hydroxylation is 1. The molecule has 0 radical (unpaired) electrons. The van der Waals surface area contributed by atoms with Crippen molar-refractivity contribution in [2.24, 2.45) is 10.4 Å². The van der Waals surface area contributed by atoms with Crippen molar-refractivity contribution in [3.8, 4) is 0 Å². The van der Waals surface area contributed by atoms with Crippen LogP contribution < -0.4 is 5.32 Å². The Morgan fingerprint density at radius 3 is 2.96 bits per heavy atom. The Kier molecular flexibility index (Phi) is 4.50. The molecule has 3 heterocycles. The second-order valence-corrected chi connectivity index (χ2v) is 6.96. The smallest absolute Gasteiger partial charge is 0.193 e. The lowest BCUT2D eigenvalue weighted by molar-refractivity contribution is 0.370. The minimum absolute atomic E-state index is 0.387. The topological polar surface area (TPSA) is 57.8 Å². The highest BCUT2D eigenvalue weighted by molar-refractivity contribution is 5.80. The van der Waals surface area contributed by atoms with Gasteiger partial charge in [0.25, 0.3) is 0 Å². The van der Waals surface area contributed by atoms with E-state index in [0.29, 0.717) is 5.41 Å². The molecule has 1 aliphatic heterocycles. The number of nitrogens with one attached hydrogen (secondary N) is 1. The third kappa shape index (κ3) is 3.63. The molecular weight excluding hydrogens is 288 g/mol. The Bertz CT molecular complexity index is 687. The average molecular weight is 314 g/mol. The average Bonchev–Trinajstić information content (AvgIpc) is 3.11. The van der Waals surface area contributed by atoms with Crippen LogP contribution in [0.25, 0.3) is 5.65 Å². The molecule has 23 heavy (non-hydrogen) atoms. The molecule has 3 rings (SSSR count). The fourth-order valence-electron chi connectivity index (χ4n) is 3.13. The van der Waals surface area contributed by atoms with Crippen LogP contribution in [0, 0.1) is 5.41 Å². The van der Waals surface area contributed by atoms with Crippen LogP contribution in [0.3, 0.4) is 0 Å². The van der Waals surface area contributed by atoms with E-state index in [-0.39, 0.29) is 0 Å². The van der Waals surface area contributed by atoms with Crippen LogP contribution in [0.4, 0.5) is 0 Å². The maximum atomic E-state index is 4.42. The molecule has 0 aromatic carbocycles. The highest BCUT2D eigenvalue weighted by Crippen LogP contribution is 2.28. The molecule has 1 N–H and O–H groups in total. The lowest BCUT2D eigenvalue weighted by atomic mass is 9.93. The normalized spacial score (nSPS) is 17.9. The fraction of sp³-hybridized carbons (Fsp3) is 0.588. The summed E-state index contributed by atoms with van der Waals surface area (Å²) in [5.41, 5.74) is 1.29. The molecule has 6 nitrogen and oxygen atoms in total. The van der Waals surface area contributed by atoms with Crippen molar-refractivity contribution in [2.75, 3.05) is 26.7 Å². The van der Waals surface area contributed by atoms with Gasteiger partial charge in [0, 0.05) is 39.3 Å². The van der Waals surface area contributed by atoms with E-state index in [0.717, 1.165) is 49.9 Å². The standard InChI is InChI=1S/C17H26N6/c1-17(2)9-12-22(13-17)16(18-3)19-10-6-8-15-21-20-14-7-4-5-11-23(14)15/h4-5,7,11H,6,8-10,12-13H2,1-3H3,(H,18,19). The zero-order valence-corrected chi connectivity index (χ0v) is 14.3. The van der Waals surface area contributed by atoms with E-state index in [1.165, 1.54) is 6.42 Å². The number of hydrogen-bond acceptors (Lipinski definition) is 3. The van der Waals surface area contributed by atoms with Crippen LogP contribution in [-0.2, 0) is 6.42 Å². The number of aliphatic imine (C=N–C) groups is 1. The quantitative estimate of drug-likeness (QED) is 0.532. The number of guanidine groups is 1. The summed E-state index contributed by atoms with van der Waals surface area (Å²) in [6, 6.07) is 5.97. The molecule has 1 aliphatic rings. The minimum Gasteiger partial charge on any atom is -0.356 e. The van der Waals surface area contributed by atoms with Crippen molar-refractivity contribution in [1.82, 2.24) is 24.8 Å². The summed E-state index contributed by atoms with van der Waals surface area (Å²) in [5, 5.41) is 11.9. The summed E-state index contributed by atoms with van der Waals surface area (Å²) in [5.74, 6) is 2.03. The number of likely N-dealkylation sites (tertiary alicyclic amines) is 1. The minimum atomic E-state index is 0.387. The number of hydrogen-bond donors (Lipinski definition) is 1. The van der Waals surface area contributed by atoms with Gasteiger partial charge in [0.1, 0.15) is 5.82 Å². The zero-order valence-electron chi connectivity index (χ0n) is 14.3. The first kappa shape index (κ1) is 15.8. The van der Waals surface area contributed by atoms with E-state index >= 15 is 0 Å². The molecule has 0 aliphatic carbocycles. The van der Waals surface area contributed by atoms with Crippen LogP contribution in [0.5, 0.6) is 0 Å². The molecule has 1 saturated heterocycles. The van der Waals surface area contributed by atoms with Crippen LogP contribution in [0.15, 0.2) is 29.4 Å². The van der Waals surface area contributed by atoms with Crippen molar-refractivity contribution in [3.05, 3.63) is 30.2 Å². The Hall–Kier alpha value is -2.11. The van der Waals surface area contributed by atoms with E-state index < -0.39 is 0 Å². The highest BCUT2D eigenvalue weighted by Gasteiger charge is 2.30. The number of aromatic nitrogens is 3. The zero-order chi connectivity index (χ0) is 16.3. The molecule has 0 amide bonds. The van der Waals surface area contributed by atoms with Gasteiger partial charge in [-0.25, -0.2) is 0 Å². The van der Waals surface area contributed by atoms with Crippen LogP contribution in [-0.4, -0.2) is 52.1 Å². The lowest BCUT2D eigenvalue weighted by Gasteiger charge is -2.23. The molecule has 0 unspecified atom stereocenters.